The fraction of sp³-hybridized carbons (Fsp3) is 0. The number of hydrogen-bond donors (Lipinski definition) is 0. The molecule has 0 aliphatic heterocycles. The molecule has 2 heterocycles. The van der Waals surface area contributed by atoms with Gasteiger partial charge in [0.05, 0.1) is 11.1 Å². The summed E-state index contributed by atoms with van der Waals surface area (Å²) >= 11 is 0. The fourth-order valence-corrected chi connectivity index (χ4v) is 8.00. The Morgan fingerprint density at radius 3 is 1.84 bits per heavy atom. The molecule has 11 aromatic rings. The molecule has 11 rings (SSSR count). The van der Waals surface area contributed by atoms with E-state index in [0.29, 0.717) is 0 Å². The van der Waals surface area contributed by atoms with Crippen molar-refractivity contribution in [2.24, 2.45) is 0 Å². The average molecular weight is 652 g/mol. The molecule has 0 unspecified atom stereocenters. The molecule has 0 aliphatic rings. The number of nitrogens with zero attached hydrogens (tertiary/aromatic N) is 1. The maximum absolute atomic E-state index is 6.64. The highest BCUT2D eigenvalue weighted by atomic mass is 16.3. The maximum Gasteiger partial charge on any atom is 0.143 e. The number of rotatable bonds is 4. The minimum Gasteiger partial charge on any atom is -0.456 e. The second kappa shape index (κ2) is 10.8. The quantitative estimate of drug-likeness (QED) is 0.177. The molecule has 3 nitrogen and oxygen atoms in total. The van der Waals surface area contributed by atoms with E-state index in [1.54, 1.807) is 0 Å². The lowest BCUT2D eigenvalue weighted by Gasteiger charge is -2.26. The number of hydrogen-bond acceptors (Lipinski definition) is 3. The van der Waals surface area contributed by atoms with E-state index in [1.807, 2.05) is 12.1 Å². The standard InChI is InChI=1S/C48H29NO2/c1-3-10-37-31(8-1)16-17-34-28-33(21-25-38(34)37)30-18-22-35(23-19-30)49(36-24-27-45-42(29-36)40-12-5-6-14-44(40)50-45)43-13-7-15-46-47(43)41-26-20-32-9-2-4-11-39(32)48(41)51-46/h1-29H. The summed E-state index contributed by atoms with van der Waals surface area (Å²) in [5.41, 5.74) is 9.04. The van der Waals surface area contributed by atoms with E-state index in [4.69, 9.17) is 8.83 Å². The molecule has 51 heavy (non-hydrogen) atoms. The van der Waals surface area contributed by atoms with Gasteiger partial charge in [0, 0.05) is 32.9 Å². The van der Waals surface area contributed by atoms with Crippen LogP contribution in [-0.2, 0) is 0 Å². The van der Waals surface area contributed by atoms with E-state index < -0.39 is 0 Å². The van der Waals surface area contributed by atoms with Crippen molar-refractivity contribution in [1.29, 1.82) is 0 Å². The number of benzene rings is 9. The third-order valence-corrected chi connectivity index (χ3v) is 10.4. The van der Waals surface area contributed by atoms with Crippen LogP contribution in [0.2, 0.25) is 0 Å². The molecule has 0 spiro atoms. The Morgan fingerprint density at radius 2 is 0.961 bits per heavy atom. The molecule has 2 aromatic heterocycles. The maximum atomic E-state index is 6.64. The first-order chi connectivity index (χ1) is 25.3. The zero-order valence-electron chi connectivity index (χ0n) is 27.5. The van der Waals surface area contributed by atoms with Gasteiger partial charge in [-0.2, -0.15) is 0 Å². The Kier molecular flexibility index (Phi) is 5.96. The number of para-hydroxylation sites is 1. The van der Waals surface area contributed by atoms with E-state index in [-0.39, 0.29) is 0 Å². The molecule has 0 aliphatic carbocycles. The lowest BCUT2D eigenvalue weighted by molar-refractivity contribution is 0.669. The molecule has 3 heteroatoms. The number of furan rings is 2. The molecule has 0 saturated carbocycles. The van der Waals surface area contributed by atoms with E-state index in [2.05, 4.69) is 169 Å². The van der Waals surface area contributed by atoms with Gasteiger partial charge >= 0.3 is 0 Å². The summed E-state index contributed by atoms with van der Waals surface area (Å²) in [5.74, 6) is 0. The van der Waals surface area contributed by atoms with Gasteiger partial charge in [0.25, 0.3) is 0 Å². The largest absolute Gasteiger partial charge is 0.456 e. The fourth-order valence-electron chi connectivity index (χ4n) is 8.00. The summed E-state index contributed by atoms with van der Waals surface area (Å²) in [5, 5.41) is 11.7. The molecule has 0 amide bonds. The highest BCUT2D eigenvalue weighted by Gasteiger charge is 2.21. The first kappa shape index (κ1) is 28.0. The van der Waals surface area contributed by atoms with Crippen molar-refractivity contribution in [2.45, 2.75) is 0 Å². The molecular weight excluding hydrogens is 623 g/mol. The van der Waals surface area contributed by atoms with Crippen LogP contribution in [0.3, 0.4) is 0 Å². The van der Waals surface area contributed by atoms with Gasteiger partial charge < -0.3 is 13.7 Å². The van der Waals surface area contributed by atoms with Crippen LogP contribution in [0.4, 0.5) is 17.1 Å². The molecular formula is C48H29NO2. The molecule has 0 N–H and O–H groups in total. The molecule has 0 radical (unpaired) electrons. The predicted octanol–water partition coefficient (Wildman–Crippen LogP) is 14.1. The molecule has 238 valence electrons. The Hall–Kier alpha value is -6.84. The van der Waals surface area contributed by atoms with Crippen LogP contribution >= 0.6 is 0 Å². The minimum absolute atomic E-state index is 0.860. The summed E-state index contributed by atoms with van der Waals surface area (Å²) in [7, 11) is 0. The molecule has 0 bridgehead atoms. The Bertz CT molecular complexity index is 3150. The number of fused-ring (bicyclic) bond motifs is 11. The van der Waals surface area contributed by atoms with E-state index in [9.17, 15) is 0 Å². The van der Waals surface area contributed by atoms with Crippen LogP contribution in [0.1, 0.15) is 0 Å². The van der Waals surface area contributed by atoms with Crippen LogP contribution in [-0.4, -0.2) is 0 Å². The molecule has 9 aromatic carbocycles. The third-order valence-electron chi connectivity index (χ3n) is 10.4. The van der Waals surface area contributed by atoms with Gasteiger partial charge in [-0.05, 0) is 98.7 Å². The van der Waals surface area contributed by atoms with Crippen molar-refractivity contribution in [3.05, 3.63) is 176 Å². The summed E-state index contributed by atoms with van der Waals surface area (Å²) in [4.78, 5) is 2.35. The van der Waals surface area contributed by atoms with Crippen molar-refractivity contribution in [3.8, 4) is 11.1 Å². The highest BCUT2D eigenvalue weighted by molar-refractivity contribution is 6.20. The Labute approximate surface area is 293 Å². The minimum atomic E-state index is 0.860. The van der Waals surface area contributed by atoms with Gasteiger partial charge in [-0.3, -0.25) is 0 Å². The predicted molar refractivity (Wildman–Crippen MR) is 214 cm³/mol. The second-order valence-corrected chi connectivity index (χ2v) is 13.3. The monoisotopic (exact) mass is 651 g/mol. The van der Waals surface area contributed by atoms with Gasteiger partial charge in [-0.1, -0.05) is 115 Å². The van der Waals surface area contributed by atoms with Crippen molar-refractivity contribution >= 4 is 93.3 Å². The Morgan fingerprint density at radius 1 is 0.333 bits per heavy atom. The van der Waals surface area contributed by atoms with Crippen molar-refractivity contribution < 1.29 is 8.83 Å². The van der Waals surface area contributed by atoms with Crippen LogP contribution in [0.25, 0.3) is 87.3 Å². The lowest BCUT2D eigenvalue weighted by Crippen LogP contribution is -2.10. The molecule has 0 fully saturated rings. The van der Waals surface area contributed by atoms with E-state index >= 15 is 0 Å². The van der Waals surface area contributed by atoms with Gasteiger partial charge in [0.2, 0.25) is 0 Å². The zero-order valence-corrected chi connectivity index (χ0v) is 27.5. The summed E-state index contributed by atoms with van der Waals surface area (Å²) in [6.45, 7) is 0. The van der Waals surface area contributed by atoms with E-state index in [1.165, 1.54) is 32.7 Å². The van der Waals surface area contributed by atoms with E-state index in [0.717, 1.165) is 71.7 Å². The summed E-state index contributed by atoms with van der Waals surface area (Å²) < 4.78 is 12.9. The van der Waals surface area contributed by atoms with Crippen LogP contribution in [0.5, 0.6) is 0 Å². The van der Waals surface area contributed by atoms with Crippen LogP contribution in [0, 0.1) is 0 Å². The van der Waals surface area contributed by atoms with Crippen molar-refractivity contribution in [1.82, 2.24) is 0 Å². The van der Waals surface area contributed by atoms with Crippen molar-refractivity contribution in [2.75, 3.05) is 4.90 Å². The molecule has 0 saturated heterocycles. The van der Waals surface area contributed by atoms with Crippen molar-refractivity contribution in [3.63, 3.8) is 0 Å². The normalized spacial score (nSPS) is 11.9. The Balaban J connectivity index is 1.11. The van der Waals surface area contributed by atoms with Crippen LogP contribution < -0.4 is 4.90 Å². The summed E-state index contributed by atoms with van der Waals surface area (Å²) in [6, 6.07) is 62.7. The van der Waals surface area contributed by atoms with Gasteiger partial charge in [0.15, 0.2) is 0 Å². The molecule has 0 atom stereocenters. The SMILES string of the molecule is c1ccc2c(c1)ccc1cc(-c3ccc(N(c4ccc5oc6ccccc6c5c4)c4cccc5oc6c7ccccc7ccc6c45)cc3)ccc12. The van der Waals surface area contributed by atoms with Crippen LogP contribution in [0.15, 0.2) is 185 Å². The zero-order chi connectivity index (χ0) is 33.5. The first-order valence-corrected chi connectivity index (χ1v) is 17.3. The average Bonchev–Trinajstić information content (AvgIpc) is 3.77. The highest BCUT2D eigenvalue weighted by Crippen LogP contribution is 2.45. The first-order valence-electron chi connectivity index (χ1n) is 17.3. The number of anilines is 3. The summed E-state index contributed by atoms with van der Waals surface area (Å²) in [6.07, 6.45) is 0. The lowest BCUT2D eigenvalue weighted by atomic mass is 9.97. The van der Waals surface area contributed by atoms with Gasteiger partial charge in [0.1, 0.15) is 22.3 Å². The van der Waals surface area contributed by atoms with Gasteiger partial charge in [-0.25, -0.2) is 0 Å². The van der Waals surface area contributed by atoms with Gasteiger partial charge in [-0.15, -0.1) is 0 Å². The third kappa shape index (κ3) is 4.32. The topological polar surface area (TPSA) is 29.5 Å². The smallest absolute Gasteiger partial charge is 0.143 e. The second-order valence-electron chi connectivity index (χ2n) is 13.3.